The molecule has 4 atom stereocenters. The van der Waals surface area contributed by atoms with Gasteiger partial charge >= 0.3 is 0 Å². The molecule has 0 amide bonds. The van der Waals surface area contributed by atoms with Crippen molar-refractivity contribution in [2.45, 2.75) is 52.6 Å². The van der Waals surface area contributed by atoms with Gasteiger partial charge in [-0.1, -0.05) is 33.6 Å². The van der Waals surface area contributed by atoms with Crippen LogP contribution in [0, 0.1) is 11.8 Å². The molecule has 72 valence electrons. The van der Waals surface area contributed by atoms with Crippen molar-refractivity contribution in [3.63, 3.8) is 0 Å². The van der Waals surface area contributed by atoms with E-state index >= 15 is 0 Å². The highest BCUT2D eigenvalue weighted by molar-refractivity contribution is 4.77. The predicted octanol–water partition coefficient (Wildman–Crippen LogP) is 3.24. The quantitative estimate of drug-likeness (QED) is 0.632. The Morgan fingerprint density at radius 3 is 2.92 bits per heavy atom. The van der Waals surface area contributed by atoms with Gasteiger partial charge in [-0.2, -0.15) is 0 Å². The molecule has 0 spiro atoms. The molecule has 12 heavy (non-hydrogen) atoms. The monoisotopic (exact) mass is 172 g/mol. The largest absolute Gasteiger partial charge is 0.378 e. The third kappa shape index (κ3) is 2.48. The minimum Gasteiger partial charge on any atom is -0.378 e. The Bertz CT molecular complexity index is 149. The van der Waals surface area contributed by atoms with Crippen molar-refractivity contribution in [3.05, 3.63) is 0 Å². The van der Waals surface area contributed by atoms with E-state index in [-0.39, 0.29) is 6.58 Å². The lowest BCUT2D eigenvalue weighted by atomic mass is 9.90. The van der Waals surface area contributed by atoms with E-state index in [0.717, 1.165) is 6.42 Å². The molecule has 1 aliphatic heterocycles. The standard InChI is InChI=1S/C11H22O/c1-4-5-6-9(2)11-10(3)7-8-12-11/h9-11H,4-8H2,1-3H3/t9-,10+,11-/m1/s1/i8T/t8-,9+,10-,11+/m0. The van der Waals surface area contributed by atoms with E-state index in [2.05, 4.69) is 20.8 Å². The van der Waals surface area contributed by atoms with Crippen molar-refractivity contribution in [1.29, 1.82) is 0 Å². The fourth-order valence-electron chi connectivity index (χ4n) is 1.97. The summed E-state index contributed by atoms with van der Waals surface area (Å²) < 4.78 is 13.1. The zero-order valence-electron chi connectivity index (χ0n) is 9.55. The van der Waals surface area contributed by atoms with Crippen LogP contribution in [0.5, 0.6) is 0 Å². The van der Waals surface area contributed by atoms with Crippen LogP contribution in [0.2, 0.25) is 0 Å². The third-order valence-electron chi connectivity index (χ3n) is 2.86. The van der Waals surface area contributed by atoms with Gasteiger partial charge in [0.1, 0.15) is 0 Å². The summed E-state index contributed by atoms with van der Waals surface area (Å²) in [5.74, 6) is 1.21. The Labute approximate surface area is 77.9 Å². The van der Waals surface area contributed by atoms with Gasteiger partial charge in [-0.3, -0.25) is 0 Å². The first kappa shape index (κ1) is 8.55. The summed E-state index contributed by atoms with van der Waals surface area (Å²) in [5, 5.41) is 0. The van der Waals surface area contributed by atoms with E-state index in [0.29, 0.717) is 17.9 Å². The highest BCUT2D eigenvalue weighted by Crippen LogP contribution is 2.28. The number of hydrogen-bond donors (Lipinski definition) is 0. The Morgan fingerprint density at radius 1 is 1.67 bits per heavy atom. The SMILES string of the molecule is [3H][C@H]1C[C@H](C)[C@@H]([C@H](C)CCCC)O1. The Hall–Kier alpha value is -0.0400. The average Bonchev–Trinajstić information content (AvgIpc) is 2.41. The van der Waals surface area contributed by atoms with Gasteiger partial charge in [0.15, 0.2) is 0 Å². The first-order chi connectivity index (χ1) is 6.15. The zero-order valence-corrected chi connectivity index (χ0v) is 8.55. The molecule has 0 saturated carbocycles. The molecule has 0 aromatic rings. The summed E-state index contributed by atoms with van der Waals surface area (Å²) in [5.41, 5.74) is 0. The van der Waals surface area contributed by atoms with Crippen LogP contribution in [-0.2, 0) is 4.74 Å². The molecule has 0 unspecified atom stereocenters. The molecule has 0 bridgehead atoms. The minimum absolute atomic E-state index is 0.260. The van der Waals surface area contributed by atoms with Crippen molar-refractivity contribution >= 4 is 0 Å². The Balaban J connectivity index is 2.33. The van der Waals surface area contributed by atoms with Crippen molar-refractivity contribution in [3.8, 4) is 0 Å². The molecule has 1 heterocycles. The minimum atomic E-state index is -0.260. The van der Waals surface area contributed by atoms with Gasteiger partial charge in [0.05, 0.1) is 7.47 Å². The van der Waals surface area contributed by atoms with E-state index in [4.69, 9.17) is 6.11 Å². The van der Waals surface area contributed by atoms with Crippen LogP contribution in [0.3, 0.4) is 0 Å². The van der Waals surface area contributed by atoms with Crippen LogP contribution < -0.4 is 0 Å². The molecule has 1 saturated heterocycles. The smallest absolute Gasteiger partial charge is 0.0626 e. The molecule has 0 radical (unpaired) electrons. The highest BCUT2D eigenvalue weighted by atomic mass is 16.5. The van der Waals surface area contributed by atoms with Gasteiger partial charge in [-0.25, -0.2) is 0 Å². The van der Waals surface area contributed by atoms with E-state index in [1.54, 1.807) is 0 Å². The Kier molecular flexibility index (Phi) is 3.46. The first-order valence-electron chi connectivity index (χ1n) is 5.80. The van der Waals surface area contributed by atoms with E-state index in [1.807, 2.05) is 0 Å². The van der Waals surface area contributed by atoms with Gasteiger partial charge < -0.3 is 4.74 Å². The summed E-state index contributed by atoms with van der Waals surface area (Å²) in [6, 6.07) is 0. The van der Waals surface area contributed by atoms with Crippen LogP contribution in [0.25, 0.3) is 0 Å². The number of rotatable bonds is 4. The van der Waals surface area contributed by atoms with Crippen LogP contribution >= 0.6 is 0 Å². The Morgan fingerprint density at radius 2 is 2.42 bits per heavy atom. The second-order valence-electron chi connectivity index (χ2n) is 4.10. The molecule has 1 rings (SSSR count). The normalized spacial score (nSPS) is 39.6. The number of ether oxygens (including phenoxy) is 1. The number of hydrogen-bond acceptors (Lipinski definition) is 1. The summed E-state index contributed by atoms with van der Waals surface area (Å²) in [6.45, 7) is 6.43. The molecule has 0 aromatic heterocycles. The number of unbranched alkanes of at least 4 members (excludes halogenated alkanes) is 1. The fourth-order valence-corrected chi connectivity index (χ4v) is 1.97. The molecule has 1 nitrogen and oxygen atoms in total. The molecular formula is C11H22O. The molecule has 0 aromatic carbocycles. The second kappa shape index (κ2) is 4.86. The molecule has 1 aliphatic rings. The summed E-state index contributed by atoms with van der Waals surface area (Å²) in [4.78, 5) is 0. The lowest BCUT2D eigenvalue weighted by Crippen LogP contribution is -2.22. The average molecular weight is 172 g/mol. The maximum Gasteiger partial charge on any atom is 0.0626 e. The second-order valence-corrected chi connectivity index (χ2v) is 4.10. The predicted molar refractivity (Wildman–Crippen MR) is 52.2 cm³/mol. The fraction of sp³-hybridized carbons (Fsp3) is 1.00. The molecule has 0 N–H and O–H groups in total. The lowest BCUT2D eigenvalue weighted by molar-refractivity contribution is 0.0476. The zero-order chi connectivity index (χ0) is 9.84. The van der Waals surface area contributed by atoms with Crippen LogP contribution in [0.1, 0.15) is 47.8 Å². The molecule has 0 aliphatic carbocycles. The van der Waals surface area contributed by atoms with Crippen LogP contribution in [0.4, 0.5) is 0 Å². The molecular weight excluding hydrogens is 148 g/mol. The van der Waals surface area contributed by atoms with Gasteiger partial charge in [-0.05, 0) is 24.7 Å². The van der Waals surface area contributed by atoms with Crippen LogP contribution in [0.15, 0.2) is 0 Å². The van der Waals surface area contributed by atoms with E-state index in [9.17, 15) is 0 Å². The van der Waals surface area contributed by atoms with Gasteiger partial charge in [0, 0.05) is 6.58 Å². The molecule has 1 heteroatoms. The summed E-state index contributed by atoms with van der Waals surface area (Å²) in [7, 11) is 0. The van der Waals surface area contributed by atoms with Gasteiger partial charge in [-0.15, -0.1) is 0 Å². The first-order valence-corrected chi connectivity index (χ1v) is 5.22. The highest BCUT2D eigenvalue weighted by Gasteiger charge is 2.28. The lowest BCUT2D eigenvalue weighted by Gasteiger charge is -2.22. The van der Waals surface area contributed by atoms with E-state index < -0.39 is 0 Å². The summed E-state index contributed by atoms with van der Waals surface area (Å²) >= 11 is 0. The van der Waals surface area contributed by atoms with Crippen molar-refractivity contribution in [1.82, 2.24) is 0 Å². The van der Waals surface area contributed by atoms with E-state index in [1.165, 1.54) is 19.3 Å². The third-order valence-corrected chi connectivity index (χ3v) is 2.86. The topological polar surface area (TPSA) is 9.23 Å². The van der Waals surface area contributed by atoms with Crippen LogP contribution in [-0.4, -0.2) is 12.7 Å². The maximum absolute atomic E-state index is 7.54. The maximum atomic E-state index is 7.54. The van der Waals surface area contributed by atoms with Gasteiger partial charge in [0.25, 0.3) is 0 Å². The van der Waals surface area contributed by atoms with Crippen molar-refractivity contribution in [2.24, 2.45) is 11.8 Å². The van der Waals surface area contributed by atoms with Crippen molar-refractivity contribution < 1.29 is 6.11 Å². The molecule has 1 fully saturated rings. The summed E-state index contributed by atoms with van der Waals surface area (Å²) in [6.07, 6.45) is 5.06. The van der Waals surface area contributed by atoms with Crippen molar-refractivity contribution in [2.75, 3.05) is 6.58 Å². The van der Waals surface area contributed by atoms with Gasteiger partial charge in [0.2, 0.25) is 0 Å².